The molecular formula is C17H18N4O3S. The molecule has 1 aromatic heterocycles. The molecule has 7 nitrogen and oxygen atoms in total. The highest BCUT2D eigenvalue weighted by Gasteiger charge is 2.45. The van der Waals surface area contributed by atoms with Gasteiger partial charge in [-0.1, -0.05) is 12.1 Å². The molecule has 1 aromatic carbocycles. The second-order valence-corrected chi connectivity index (χ2v) is 7.26. The molecule has 8 heteroatoms. The van der Waals surface area contributed by atoms with Crippen molar-refractivity contribution in [3.63, 3.8) is 0 Å². The standard InChI is InChI=1S/C17H18N4O3S/c1-2-20-15(22)16(23)21(17(20)24)10-19-9-5-7-12(19)14-18-11-6-3-4-8-13(11)25-14/h3-4,6,8,12H,2,5,7,9-10H2,1H3/t12-/m0/s1. The Balaban J connectivity index is 1.57. The fraction of sp³-hybridized carbons (Fsp3) is 0.412. The number of fused-ring (bicyclic) bond motifs is 1. The van der Waals surface area contributed by atoms with E-state index in [1.54, 1.807) is 18.3 Å². The Hall–Kier alpha value is -2.32. The van der Waals surface area contributed by atoms with E-state index >= 15 is 0 Å². The van der Waals surface area contributed by atoms with E-state index < -0.39 is 17.8 Å². The lowest BCUT2D eigenvalue weighted by Crippen LogP contribution is -2.42. The molecule has 3 heterocycles. The van der Waals surface area contributed by atoms with Gasteiger partial charge in [0.25, 0.3) is 0 Å². The molecule has 0 N–H and O–H groups in total. The molecule has 0 aliphatic carbocycles. The Morgan fingerprint density at radius 1 is 1.16 bits per heavy atom. The summed E-state index contributed by atoms with van der Waals surface area (Å²) in [6, 6.07) is 7.53. The van der Waals surface area contributed by atoms with Crippen molar-refractivity contribution in [2.24, 2.45) is 0 Å². The van der Waals surface area contributed by atoms with E-state index in [9.17, 15) is 14.4 Å². The number of para-hydroxylation sites is 1. The van der Waals surface area contributed by atoms with Crippen LogP contribution in [0.4, 0.5) is 4.79 Å². The predicted octanol–water partition coefficient (Wildman–Crippen LogP) is 2.20. The third-order valence-electron chi connectivity index (χ3n) is 4.73. The second kappa shape index (κ2) is 6.20. The van der Waals surface area contributed by atoms with E-state index in [0.29, 0.717) is 0 Å². The SMILES string of the molecule is CCN1C(=O)C(=O)N(CN2CCC[C@H]2c2nc3ccccc3s2)C1=O. The average Bonchev–Trinajstić information content (AvgIpc) is 3.29. The van der Waals surface area contributed by atoms with Gasteiger partial charge < -0.3 is 0 Å². The Bertz CT molecular complexity index is 831. The minimum atomic E-state index is -0.734. The van der Waals surface area contributed by atoms with Crippen molar-refractivity contribution in [2.75, 3.05) is 19.8 Å². The third kappa shape index (κ3) is 2.61. The molecule has 2 aliphatic rings. The first kappa shape index (κ1) is 16.2. The number of likely N-dealkylation sites (N-methyl/N-ethyl adjacent to an activating group) is 1. The largest absolute Gasteiger partial charge is 0.335 e. The van der Waals surface area contributed by atoms with Gasteiger partial charge in [-0.25, -0.2) is 14.7 Å². The minimum Gasteiger partial charge on any atom is -0.276 e. The summed E-state index contributed by atoms with van der Waals surface area (Å²) in [5.41, 5.74) is 0.968. The molecule has 0 bridgehead atoms. The van der Waals surface area contributed by atoms with Crippen molar-refractivity contribution >= 4 is 39.4 Å². The van der Waals surface area contributed by atoms with Crippen LogP contribution in [0.3, 0.4) is 0 Å². The van der Waals surface area contributed by atoms with Gasteiger partial charge in [-0.2, -0.15) is 0 Å². The van der Waals surface area contributed by atoms with Crippen LogP contribution >= 0.6 is 11.3 Å². The molecule has 1 atom stereocenters. The third-order valence-corrected chi connectivity index (χ3v) is 5.87. The highest BCUT2D eigenvalue weighted by atomic mass is 32.1. The normalized spacial score (nSPS) is 22.0. The molecule has 0 saturated carbocycles. The van der Waals surface area contributed by atoms with Crippen molar-refractivity contribution < 1.29 is 14.4 Å². The van der Waals surface area contributed by atoms with Gasteiger partial charge in [-0.05, 0) is 31.9 Å². The number of carbonyl (C=O) groups is 3. The quantitative estimate of drug-likeness (QED) is 0.619. The van der Waals surface area contributed by atoms with Gasteiger partial charge >= 0.3 is 17.8 Å². The molecule has 4 rings (SSSR count). The molecular weight excluding hydrogens is 340 g/mol. The predicted molar refractivity (Wildman–Crippen MR) is 92.8 cm³/mol. The lowest BCUT2D eigenvalue weighted by atomic mass is 10.2. The van der Waals surface area contributed by atoms with Crippen molar-refractivity contribution in [1.82, 2.24) is 19.7 Å². The van der Waals surface area contributed by atoms with Crippen LogP contribution in [0.25, 0.3) is 10.2 Å². The summed E-state index contributed by atoms with van der Waals surface area (Å²) >= 11 is 1.64. The van der Waals surface area contributed by atoms with Crippen LogP contribution in [0.1, 0.15) is 30.8 Å². The fourth-order valence-corrected chi connectivity index (χ4v) is 4.58. The summed E-state index contributed by atoms with van der Waals surface area (Å²) < 4.78 is 1.13. The highest BCUT2D eigenvalue weighted by Crippen LogP contribution is 2.36. The number of imide groups is 2. The number of likely N-dealkylation sites (tertiary alicyclic amines) is 1. The number of rotatable bonds is 4. The second-order valence-electron chi connectivity index (χ2n) is 6.20. The first-order valence-corrected chi connectivity index (χ1v) is 9.18. The zero-order chi connectivity index (χ0) is 17.6. The van der Waals surface area contributed by atoms with E-state index in [0.717, 1.165) is 44.4 Å². The summed E-state index contributed by atoms with van der Waals surface area (Å²) in [5.74, 6) is -1.47. The molecule has 4 amide bonds. The molecule has 0 spiro atoms. The molecule has 130 valence electrons. The summed E-state index contributed by atoms with van der Waals surface area (Å²) in [6.45, 7) is 2.81. The van der Waals surface area contributed by atoms with Gasteiger partial charge in [-0.3, -0.25) is 19.4 Å². The first-order chi connectivity index (χ1) is 12.1. The zero-order valence-corrected chi connectivity index (χ0v) is 14.7. The van der Waals surface area contributed by atoms with Crippen LogP contribution in [0, 0.1) is 0 Å². The van der Waals surface area contributed by atoms with Crippen LogP contribution in [-0.2, 0) is 9.59 Å². The Labute approximate surface area is 148 Å². The monoisotopic (exact) mass is 358 g/mol. The van der Waals surface area contributed by atoms with Crippen molar-refractivity contribution in [3.05, 3.63) is 29.3 Å². The number of hydrogen-bond acceptors (Lipinski definition) is 6. The molecule has 2 saturated heterocycles. The molecule has 0 unspecified atom stereocenters. The number of aromatic nitrogens is 1. The van der Waals surface area contributed by atoms with E-state index in [-0.39, 0.29) is 19.3 Å². The molecule has 2 aromatic rings. The van der Waals surface area contributed by atoms with Crippen molar-refractivity contribution in [3.8, 4) is 0 Å². The number of hydrogen-bond donors (Lipinski definition) is 0. The number of carbonyl (C=O) groups excluding carboxylic acids is 3. The van der Waals surface area contributed by atoms with Crippen LogP contribution in [-0.4, -0.2) is 57.3 Å². The number of nitrogens with zero attached hydrogens (tertiary/aromatic N) is 4. The lowest BCUT2D eigenvalue weighted by molar-refractivity contribution is -0.143. The maximum absolute atomic E-state index is 12.3. The van der Waals surface area contributed by atoms with Crippen LogP contribution in [0.2, 0.25) is 0 Å². The smallest absolute Gasteiger partial charge is 0.276 e. The summed E-state index contributed by atoms with van der Waals surface area (Å²) in [5, 5.41) is 0.997. The molecule has 2 fully saturated rings. The van der Waals surface area contributed by atoms with Gasteiger partial charge in [-0.15, -0.1) is 11.3 Å². The topological polar surface area (TPSA) is 73.8 Å². The van der Waals surface area contributed by atoms with E-state index in [1.807, 2.05) is 24.3 Å². The average molecular weight is 358 g/mol. The Kier molecular flexibility index (Phi) is 4.01. The number of urea groups is 1. The van der Waals surface area contributed by atoms with E-state index in [4.69, 9.17) is 4.98 Å². The first-order valence-electron chi connectivity index (χ1n) is 8.37. The summed E-state index contributed by atoms with van der Waals surface area (Å²) in [4.78, 5) is 45.1. The van der Waals surface area contributed by atoms with Crippen LogP contribution in [0.15, 0.2) is 24.3 Å². The Morgan fingerprint density at radius 2 is 1.92 bits per heavy atom. The highest BCUT2D eigenvalue weighted by molar-refractivity contribution is 7.18. The van der Waals surface area contributed by atoms with Gasteiger partial charge in [0, 0.05) is 13.1 Å². The van der Waals surface area contributed by atoms with Crippen LogP contribution < -0.4 is 0 Å². The number of amides is 4. The van der Waals surface area contributed by atoms with E-state index in [1.165, 1.54) is 0 Å². The van der Waals surface area contributed by atoms with Gasteiger partial charge in [0.15, 0.2) is 0 Å². The molecule has 2 aliphatic heterocycles. The van der Waals surface area contributed by atoms with Crippen LogP contribution in [0.5, 0.6) is 0 Å². The maximum atomic E-state index is 12.3. The minimum absolute atomic E-state index is 0.0729. The molecule has 25 heavy (non-hydrogen) atoms. The lowest BCUT2D eigenvalue weighted by Gasteiger charge is -2.26. The van der Waals surface area contributed by atoms with Crippen molar-refractivity contribution in [2.45, 2.75) is 25.8 Å². The number of thiazole rings is 1. The number of benzene rings is 1. The van der Waals surface area contributed by atoms with Gasteiger partial charge in [0.1, 0.15) is 5.01 Å². The molecule has 0 radical (unpaired) electrons. The fourth-order valence-electron chi connectivity index (χ4n) is 3.44. The summed E-state index contributed by atoms with van der Waals surface area (Å²) in [7, 11) is 0. The summed E-state index contributed by atoms with van der Waals surface area (Å²) in [6.07, 6.45) is 1.91. The van der Waals surface area contributed by atoms with Gasteiger partial charge in [0.2, 0.25) is 0 Å². The zero-order valence-electron chi connectivity index (χ0n) is 13.8. The van der Waals surface area contributed by atoms with Gasteiger partial charge in [0.05, 0.1) is 22.9 Å². The van der Waals surface area contributed by atoms with Crippen molar-refractivity contribution in [1.29, 1.82) is 0 Å². The van der Waals surface area contributed by atoms with E-state index in [2.05, 4.69) is 4.90 Å². The maximum Gasteiger partial charge on any atom is 0.335 e. The Morgan fingerprint density at radius 3 is 2.64 bits per heavy atom.